The number of halogens is 4. The van der Waals surface area contributed by atoms with Crippen molar-refractivity contribution in [3.05, 3.63) is 64.8 Å². The van der Waals surface area contributed by atoms with Gasteiger partial charge in [-0.2, -0.15) is 18.3 Å². The van der Waals surface area contributed by atoms with Gasteiger partial charge in [-0.25, -0.2) is 9.07 Å². The van der Waals surface area contributed by atoms with Gasteiger partial charge in [-0.05, 0) is 73.9 Å². The summed E-state index contributed by atoms with van der Waals surface area (Å²) >= 11 is 0. The number of rotatable bonds is 5. The Morgan fingerprint density at radius 2 is 2.00 bits per heavy atom. The first kappa shape index (κ1) is 24.8. The number of unbranched alkanes of at least 4 members (excludes halogenated alkanes) is 1. The van der Waals surface area contributed by atoms with Crippen LogP contribution in [-0.4, -0.2) is 28.4 Å². The smallest absolute Gasteiger partial charge is 0.356 e. The molecule has 1 heterocycles. The van der Waals surface area contributed by atoms with E-state index in [0.29, 0.717) is 25.8 Å². The van der Waals surface area contributed by atoms with Crippen LogP contribution in [0.15, 0.2) is 47.7 Å². The van der Waals surface area contributed by atoms with E-state index in [1.165, 1.54) is 12.1 Å². The van der Waals surface area contributed by atoms with Crippen LogP contribution in [0.3, 0.4) is 0 Å². The van der Waals surface area contributed by atoms with Gasteiger partial charge in [0.2, 0.25) is 5.91 Å². The SMILES string of the molecule is CCCCNC(=O)[C@@H]1C2CCC3=Cc4c(cnn4-c4ccc(F)cc4)C[C@]3(C)C2=CC[C@H]1C(F)(F)F. The Hall–Kier alpha value is -2.90. The third kappa shape index (κ3) is 4.18. The van der Waals surface area contributed by atoms with E-state index < -0.39 is 35.3 Å². The summed E-state index contributed by atoms with van der Waals surface area (Å²) in [5, 5.41) is 7.33. The van der Waals surface area contributed by atoms with Gasteiger partial charge in [-0.1, -0.05) is 37.5 Å². The number of hydrogen-bond donors (Lipinski definition) is 1. The van der Waals surface area contributed by atoms with Gasteiger partial charge >= 0.3 is 6.18 Å². The largest absolute Gasteiger partial charge is 0.392 e. The Balaban J connectivity index is 1.49. The molecule has 4 nitrogen and oxygen atoms in total. The van der Waals surface area contributed by atoms with Crippen molar-refractivity contribution in [3.8, 4) is 5.69 Å². The van der Waals surface area contributed by atoms with Crippen LogP contribution in [0, 0.1) is 29.0 Å². The number of carbonyl (C=O) groups excluding carboxylic acids is 1. The molecular formula is C28H31F4N3O. The predicted octanol–water partition coefficient (Wildman–Crippen LogP) is 6.41. The molecule has 1 amide bonds. The van der Waals surface area contributed by atoms with Crippen LogP contribution < -0.4 is 5.32 Å². The highest BCUT2D eigenvalue weighted by Gasteiger charge is 2.56. The second-order valence-corrected chi connectivity index (χ2v) is 10.5. The van der Waals surface area contributed by atoms with Gasteiger partial charge in [0.05, 0.1) is 29.4 Å². The number of allylic oxidation sites excluding steroid dienone is 3. The van der Waals surface area contributed by atoms with E-state index in [2.05, 4.69) is 23.4 Å². The molecule has 1 saturated carbocycles. The lowest BCUT2D eigenvalue weighted by Crippen LogP contribution is -2.50. The zero-order valence-corrected chi connectivity index (χ0v) is 20.5. The predicted molar refractivity (Wildman–Crippen MR) is 130 cm³/mol. The minimum Gasteiger partial charge on any atom is -0.356 e. The third-order valence-corrected chi connectivity index (χ3v) is 8.29. The Morgan fingerprint density at radius 1 is 1.25 bits per heavy atom. The highest BCUT2D eigenvalue weighted by molar-refractivity contribution is 5.80. The second-order valence-electron chi connectivity index (χ2n) is 10.5. The molecule has 0 bridgehead atoms. The lowest BCUT2D eigenvalue weighted by atomic mass is 9.54. The van der Waals surface area contributed by atoms with Gasteiger partial charge in [-0.15, -0.1) is 0 Å². The molecule has 8 heteroatoms. The highest BCUT2D eigenvalue weighted by atomic mass is 19.4. The minimum atomic E-state index is -4.43. The summed E-state index contributed by atoms with van der Waals surface area (Å²) in [6, 6.07) is 6.14. The van der Waals surface area contributed by atoms with Crippen LogP contribution in [0.1, 0.15) is 57.2 Å². The first-order chi connectivity index (χ1) is 17.1. The molecule has 1 fully saturated rings. The quantitative estimate of drug-likeness (QED) is 0.292. The molecule has 1 N–H and O–H groups in total. The van der Waals surface area contributed by atoms with Crippen LogP contribution >= 0.6 is 0 Å². The summed E-state index contributed by atoms with van der Waals surface area (Å²) in [6.45, 7) is 4.48. The molecule has 0 aliphatic heterocycles. The Morgan fingerprint density at radius 3 is 2.69 bits per heavy atom. The number of benzene rings is 1. The van der Waals surface area contributed by atoms with Crippen LogP contribution in [0.4, 0.5) is 17.6 Å². The molecule has 0 radical (unpaired) electrons. The molecular weight excluding hydrogens is 470 g/mol. The molecule has 5 rings (SSSR count). The fraction of sp³-hybridized carbons (Fsp3) is 0.500. The zero-order valence-electron chi connectivity index (χ0n) is 20.5. The fourth-order valence-corrected chi connectivity index (χ4v) is 6.44. The molecule has 2 aromatic rings. The summed E-state index contributed by atoms with van der Waals surface area (Å²) in [7, 11) is 0. The van der Waals surface area contributed by atoms with Gasteiger partial charge in [0.25, 0.3) is 0 Å². The molecule has 3 aliphatic rings. The Labute approximate surface area is 208 Å². The van der Waals surface area contributed by atoms with Crippen molar-refractivity contribution >= 4 is 12.0 Å². The molecule has 1 unspecified atom stereocenters. The van der Waals surface area contributed by atoms with E-state index in [0.717, 1.165) is 40.9 Å². The summed E-state index contributed by atoms with van der Waals surface area (Å²) in [5.74, 6) is -4.01. The number of hydrogen-bond acceptors (Lipinski definition) is 2. The van der Waals surface area contributed by atoms with Crippen LogP contribution in [0.5, 0.6) is 0 Å². The molecule has 36 heavy (non-hydrogen) atoms. The van der Waals surface area contributed by atoms with E-state index in [4.69, 9.17) is 0 Å². The van der Waals surface area contributed by atoms with E-state index in [1.54, 1.807) is 29.1 Å². The molecule has 1 aromatic carbocycles. The lowest BCUT2D eigenvalue weighted by Gasteiger charge is -2.50. The first-order valence-corrected chi connectivity index (χ1v) is 12.7. The normalized spacial score (nSPS) is 27.3. The standard InChI is InChI=1S/C28H31F4N3O/c1-3-4-13-33-26(36)25-21-10-5-18-14-24-17(16-34-35(24)20-8-6-19(29)7-9-20)15-27(18,2)22(21)11-12-23(25)28(30,31)32/h6-9,11,14,16,21,23,25H,3-5,10,12-13,15H2,1-2H3,(H,33,36)/t21?,23-,25-,27+/m1/s1. The van der Waals surface area contributed by atoms with Crippen molar-refractivity contribution in [3.63, 3.8) is 0 Å². The van der Waals surface area contributed by atoms with Gasteiger partial charge in [-0.3, -0.25) is 4.79 Å². The number of carbonyl (C=O) groups is 1. The number of aromatic nitrogens is 2. The summed E-state index contributed by atoms with van der Waals surface area (Å²) in [6.07, 6.45) is 4.39. The third-order valence-electron chi connectivity index (χ3n) is 8.29. The lowest BCUT2D eigenvalue weighted by molar-refractivity contribution is -0.197. The van der Waals surface area contributed by atoms with Crippen molar-refractivity contribution in [2.45, 2.75) is 58.5 Å². The molecule has 192 valence electrons. The maximum Gasteiger partial charge on any atom is 0.392 e. The Kier molecular flexibility index (Phi) is 6.33. The van der Waals surface area contributed by atoms with Crippen molar-refractivity contribution in [2.75, 3.05) is 6.54 Å². The number of nitrogens with zero attached hydrogens (tertiary/aromatic N) is 2. The first-order valence-electron chi connectivity index (χ1n) is 12.7. The molecule has 0 saturated heterocycles. The summed E-state index contributed by atoms with van der Waals surface area (Å²) < 4.78 is 57.4. The van der Waals surface area contributed by atoms with Gasteiger partial charge in [0.1, 0.15) is 5.82 Å². The summed E-state index contributed by atoms with van der Waals surface area (Å²) in [5.41, 5.74) is 4.32. The number of alkyl halides is 3. The molecule has 3 aliphatic carbocycles. The van der Waals surface area contributed by atoms with Crippen LogP contribution in [-0.2, 0) is 11.2 Å². The van der Waals surface area contributed by atoms with E-state index in [-0.39, 0.29) is 12.2 Å². The van der Waals surface area contributed by atoms with E-state index in [9.17, 15) is 22.4 Å². The van der Waals surface area contributed by atoms with Gasteiger partial charge in [0, 0.05) is 12.0 Å². The number of fused-ring (bicyclic) bond motifs is 4. The average Bonchev–Trinajstić information content (AvgIpc) is 3.23. The van der Waals surface area contributed by atoms with Crippen molar-refractivity contribution in [1.29, 1.82) is 0 Å². The van der Waals surface area contributed by atoms with Gasteiger partial charge in [0.15, 0.2) is 0 Å². The fourth-order valence-electron chi connectivity index (χ4n) is 6.44. The van der Waals surface area contributed by atoms with Crippen LogP contribution in [0.2, 0.25) is 0 Å². The summed E-state index contributed by atoms with van der Waals surface area (Å²) in [4.78, 5) is 13.1. The topological polar surface area (TPSA) is 46.9 Å². The average molecular weight is 502 g/mol. The monoisotopic (exact) mass is 501 g/mol. The Bertz CT molecular complexity index is 1210. The van der Waals surface area contributed by atoms with Gasteiger partial charge < -0.3 is 5.32 Å². The van der Waals surface area contributed by atoms with E-state index >= 15 is 0 Å². The molecule has 4 atom stereocenters. The number of nitrogens with one attached hydrogen (secondary N) is 1. The minimum absolute atomic E-state index is 0.175. The highest BCUT2D eigenvalue weighted by Crippen LogP contribution is 2.58. The molecule has 0 spiro atoms. The maximum absolute atomic E-state index is 14.1. The van der Waals surface area contributed by atoms with E-state index in [1.807, 2.05) is 6.92 Å². The van der Waals surface area contributed by atoms with Crippen molar-refractivity contribution < 1.29 is 22.4 Å². The van der Waals surface area contributed by atoms with Crippen LogP contribution in [0.25, 0.3) is 11.8 Å². The maximum atomic E-state index is 14.1. The van der Waals surface area contributed by atoms with Crippen molar-refractivity contribution in [1.82, 2.24) is 15.1 Å². The zero-order chi connectivity index (χ0) is 25.7. The number of amides is 1. The molecule has 1 aromatic heterocycles. The second kappa shape index (κ2) is 9.20. The van der Waals surface area contributed by atoms with Crippen molar-refractivity contribution in [2.24, 2.45) is 23.2 Å².